The molecule has 1 fully saturated rings. The molecule has 0 aromatic heterocycles. The van der Waals surface area contributed by atoms with Gasteiger partial charge in [-0.05, 0) is 38.4 Å². The van der Waals surface area contributed by atoms with Crippen molar-refractivity contribution in [2.75, 3.05) is 13.1 Å². The minimum atomic E-state index is 0. The molecule has 1 aromatic carbocycles. The second-order valence-electron chi connectivity index (χ2n) is 4.39. The fraction of sp³-hybridized carbons (Fsp3) is 0.538. The molecule has 1 unspecified atom stereocenters. The van der Waals surface area contributed by atoms with E-state index in [0.29, 0.717) is 0 Å². The molecule has 0 saturated carbocycles. The zero-order chi connectivity index (χ0) is 9.80. The average molecular weight is 293 g/mol. The maximum absolute atomic E-state index is 3.14. The van der Waals surface area contributed by atoms with Crippen LogP contribution < -0.4 is 17.0 Å². The van der Waals surface area contributed by atoms with E-state index < -0.39 is 0 Å². The van der Waals surface area contributed by atoms with Gasteiger partial charge in [-0.3, -0.25) is 0 Å². The fourth-order valence-corrected chi connectivity index (χ4v) is 2.22. The van der Waals surface area contributed by atoms with E-state index in [1.807, 2.05) is 6.07 Å². The minimum absolute atomic E-state index is 0. The topological polar surface area (TPSA) is 3.24 Å². The molecule has 0 aliphatic carbocycles. The number of rotatable bonds is 2. The molecular weight excluding hydrogens is 274 g/mol. The van der Waals surface area contributed by atoms with Gasteiger partial charge in [0, 0.05) is 0 Å². The normalized spacial score (nSPS) is 20.7. The Morgan fingerprint density at radius 2 is 2.31 bits per heavy atom. The summed E-state index contributed by atoms with van der Waals surface area (Å²) in [5, 5.41) is 0. The molecule has 16 heavy (non-hydrogen) atoms. The van der Waals surface area contributed by atoms with E-state index in [-0.39, 0.29) is 40.0 Å². The Morgan fingerprint density at radius 1 is 1.50 bits per heavy atom. The van der Waals surface area contributed by atoms with Crippen LogP contribution in [0, 0.1) is 12.0 Å². The molecule has 0 N–H and O–H groups in total. The molecule has 0 amide bonds. The second-order valence-corrected chi connectivity index (χ2v) is 4.39. The van der Waals surface area contributed by atoms with Gasteiger partial charge in [0.1, 0.15) is 0 Å². The molecule has 2 rings (SSSR count). The van der Waals surface area contributed by atoms with E-state index in [4.69, 9.17) is 0 Å². The summed E-state index contributed by atoms with van der Waals surface area (Å²) >= 11 is 0. The Labute approximate surface area is 126 Å². The smallest absolute Gasteiger partial charge is 1.00 e. The van der Waals surface area contributed by atoms with E-state index in [0.717, 1.165) is 12.5 Å². The summed E-state index contributed by atoms with van der Waals surface area (Å²) in [7, 11) is 0. The van der Waals surface area contributed by atoms with Gasteiger partial charge >= 0.3 is 23.1 Å². The van der Waals surface area contributed by atoms with Crippen LogP contribution in [-0.4, -0.2) is 41.0 Å². The molecule has 1 nitrogen and oxygen atoms in total. The molecule has 84 valence electrons. The predicted molar refractivity (Wildman–Crippen MR) is 64.7 cm³/mol. The molecule has 1 heterocycles. The van der Waals surface area contributed by atoms with Gasteiger partial charge in [-0.15, -0.1) is 5.56 Å². The van der Waals surface area contributed by atoms with Crippen molar-refractivity contribution in [3.05, 3.63) is 35.9 Å². The SMILES string of the molecule is CC1CCCN(Cc2c[c-]ccc2)C1.[Br-].[Mg+2]. The Hall–Kier alpha value is 0.426. The Balaban J connectivity index is 0.00000112. The summed E-state index contributed by atoms with van der Waals surface area (Å²) < 4.78 is 0. The molecular formula is C13H18BrMgN. The van der Waals surface area contributed by atoms with Crippen molar-refractivity contribution in [2.24, 2.45) is 5.92 Å². The Bertz CT molecular complexity index is 279. The van der Waals surface area contributed by atoms with Crippen LogP contribution in [0.5, 0.6) is 0 Å². The summed E-state index contributed by atoms with van der Waals surface area (Å²) in [6.45, 7) is 5.97. The predicted octanol–water partition coefficient (Wildman–Crippen LogP) is -0.658. The van der Waals surface area contributed by atoms with Crippen molar-refractivity contribution < 1.29 is 17.0 Å². The summed E-state index contributed by atoms with van der Waals surface area (Å²) in [5.74, 6) is 0.872. The third-order valence-corrected chi connectivity index (χ3v) is 2.92. The summed E-state index contributed by atoms with van der Waals surface area (Å²) in [6, 6.07) is 11.5. The van der Waals surface area contributed by atoms with Crippen LogP contribution in [0.25, 0.3) is 0 Å². The zero-order valence-electron chi connectivity index (χ0n) is 9.95. The second kappa shape index (κ2) is 8.51. The molecule has 1 aliphatic heterocycles. The zero-order valence-corrected chi connectivity index (χ0v) is 13.0. The molecule has 3 heteroatoms. The van der Waals surface area contributed by atoms with Crippen LogP contribution in [0.1, 0.15) is 25.3 Å². The number of nitrogens with zero attached hydrogens (tertiary/aromatic N) is 1. The molecule has 0 radical (unpaired) electrons. The molecule has 1 aromatic rings. The van der Waals surface area contributed by atoms with Gasteiger partial charge in [0.25, 0.3) is 0 Å². The fourth-order valence-electron chi connectivity index (χ4n) is 2.22. The largest absolute Gasteiger partial charge is 2.00 e. The third-order valence-electron chi connectivity index (χ3n) is 2.92. The van der Waals surface area contributed by atoms with Crippen molar-refractivity contribution in [1.29, 1.82) is 0 Å². The minimum Gasteiger partial charge on any atom is -1.00 e. The number of benzene rings is 1. The first-order chi connectivity index (χ1) is 6.84. The van der Waals surface area contributed by atoms with Crippen LogP contribution in [-0.2, 0) is 6.54 Å². The van der Waals surface area contributed by atoms with E-state index in [9.17, 15) is 0 Å². The number of hydrogen-bond donors (Lipinski definition) is 0. The van der Waals surface area contributed by atoms with Crippen molar-refractivity contribution in [3.63, 3.8) is 0 Å². The van der Waals surface area contributed by atoms with Crippen molar-refractivity contribution in [1.82, 2.24) is 4.90 Å². The Kier molecular flexibility index (Phi) is 8.73. The van der Waals surface area contributed by atoms with E-state index in [1.54, 1.807) is 0 Å². The van der Waals surface area contributed by atoms with Crippen molar-refractivity contribution in [2.45, 2.75) is 26.3 Å². The van der Waals surface area contributed by atoms with Crippen LogP contribution in [0.3, 0.4) is 0 Å². The molecule has 0 bridgehead atoms. The maximum atomic E-state index is 3.14. The average Bonchev–Trinajstić information content (AvgIpc) is 2.19. The summed E-state index contributed by atoms with van der Waals surface area (Å²) in [6.07, 6.45) is 2.76. The van der Waals surface area contributed by atoms with Gasteiger partial charge in [0.2, 0.25) is 0 Å². The van der Waals surface area contributed by atoms with Gasteiger partial charge < -0.3 is 21.9 Å². The molecule has 1 aliphatic rings. The van der Waals surface area contributed by atoms with Gasteiger partial charge in [-0.25, -0.2) is 0 Å². The first kappa shape index (κ1) is 16.4. The number of likely N-dealkylation sites (tertiary alicyclic amines) is 1. The van der Waals surface area contributed by atoms with Gasteiger partial charge in [-0.2, -0.15) is 30.3 Å². The van der Waals surface area contributed by atoms with E-state index in [1.165, 1.54) is 31.5 Å². The number of hydrogen-bond acceptors (Lipinski definition) is 1. The van der Waals surface area contributed by atoms with Crippen molar-refractivity contribution >= 4 is 23.1 Å². The molecule has 0 spiro atoms. The van der Waals surface area contributed by atoms with E-state index >= 15 is 0 Å². The number of piperidine rings is 1. The Morgan fingerprint density at radius 3 is 2.94 bits per heavy atom. The first-order valence-corrected chi connectivity index (χ1v) is 5.52. The van der Waals surface area contributed by atoms with Crippen molar-refractivity contribution in [3.8, 4) is 0 Å². The first-order valence-electron chi connectivity index (χ1n) is 5.52. The third kappa shape index (κ3) is 5.17. The van der Waals surface area contributed by atoms with Crippen LogP contribution in [0.4, 0.5) is 0 Å². The number of halogens is 1. The molecule has 1 saturated heterocycles. The quantitative estimate of drug-likeness (QED) is 0.517. The maximum Gasteiger partial charge on any atom is 2.00 e. The summed E-state index contributed by atoms with van der Waals surface area (Å²) in [4.78, 5) is 2.55. The summed E-state index contributed by atoms with van der Waals surface area (Å²) in [5.41, 5.74) is 1.39. The van der Waals surface area contributed by atoms with Crippen LogP contribution >= 0.6 is 0 Å². The van der Waals surface area contributed by atoms with E-state index in [2.05, 4.69) is 36.1 Å². The van der Waals surface area contributed by atoms with Gasteiger partial charge in [0.05, 0.1) is 0 Å². The molecule has 1 atom stereocenters. The van der Waals surface area contributed by atoms with Crippen LogP contribution in [0.15, 0.2) is 24.3 Å². The monoisotopic (exact) mass is 291 g/mol. The van der Waals surface area contributed by atoms with Gasteiger partial charge in [-0.1, -0.05) is 6.92 Å². The van der Waals surface area contributed by atoms with Gasteiger partial charge in [0.15, 0.2) is 0 Å². The van der Waals surface area contributed by atoms with Crippen LogP contribution in [0.2, 0.25) is 0 Å². The standard InChI is InChI=1S/C13H18N.BrH.Mg/c1-12-6-5-9-14(10-12)11-13-7-3-2-4-8-13;;/h2-3,7-8,12H,5-6,9-11H2,1H3;1H;/q-1;;+2/p-1.